The minimum absolute atomic E-state index is 0.0243. The van der Waals surface area contributed by atoms with Crippen molar-refractivity contribution in [3.63, 3.8) is 0 Å². The lowest BCUT2D eigenvalue weighted by Crippen LogP contribution is -2.36. The Kier molecular flexibility index (Phi) is 9.17. The minimum Gasteiger partial charge on any atom is -0.476 e. The first-order valence-electron chi connectivity index (χ1n) is 9.45. The number of halogens is 3. The molecule has 0 spiro atoms. The molecule has 0 amide bonds. The number of nitrogens with zero attached hydrogens (tertiary/aromatic N) is 1. The highest BCUT2D eigenvalue weighted by Gasteiger charge is 2.40. The van der Waals surface area contributed by atoms with Gasteiger partial charge in [-0.05, 0) is 24.6 Å². The number of hydrogen-bond donors (Lipinski definition) is 1. The molecule has 0 saturated carbocycles. The molecule has 12 heteroatoms. The molecule has 1 aromatic rings. The Morgan fingerprint density at radius 1 is 1.48 bits per heavy atom. The second-order valence-electron chi connectivity index (χ2n) is 7.22. The SMILES string of the molecule is C#CCO[C@H]1C[C@H](n2cc(C(F)(F)F)c(=O)[nH]c2=O)O[C@@H]1COC(=S)SCCC(C)C. The van der Waals surface area contributed by atoms with E-state index in [4.69, 9.17) is 32.9 Å². The standard InChI is InChI=1S/C19H23F3N2O5S2/c1-4-6-27-13-8-15(24-9-12(19(20,21)22)16(25)23-17(24)26)29-14(13)10-28-18(30)31-7-5-11(2)3/h1,9,11,13-15H,5-8,10H2,2-3H3,(H,23,25,26)/t13-,14+,15+/m0/s1. The summed E-state index contributed by atoms with van der Waals surface area (Å²) in [7, 11) is 0. The van der Waals surface area contributed by atoms with Gasteiger partial charge < -0.3 is 14.2 Å². The number of thiocarbonyl (C=S) groups is 1. The summed E-state index contributed by atoms with van der Waals surface area (Å²) < 4.78 is 57.0. The highest BCUT2D eigenvalue weighted by Crippen LogP contribution is 2.32. The maximum atomic E-state index is 13.1. The van der Waals surface area contributed by atoms with E-state index in [1.165, 1.54) is 11.8 Å². The summed E-state index contributed by atoms with van der Waals surface area (Å²) in [5.41, 5.74) is -4.05. The maximum Gasteiger partial charge on any atom is 0.423 e. The molecule has 2 rings (SSSR count). The van der Waals surface area contributed by atoms with Crippen LogP contribution in [-0.4, -0.2) is 45.1 Å². The number of ether oxygens (including phenoxy) is 3. The van der Waals surface area contributed by atoms with Crippen molar-refractivity contribution in [3.05, 3.63) is 32.6 Å². The molecule has 172 valence electrons. The quantitative estimate of drug-likeness (QED) is 0.453. The van der Waals surface area contributed by atoms with Gasteiger partial charge in [-0.3, -0.25) is 14.3 Å². The fraction of sp³-hybridized carbons (Fsp3) is 0.632. The van der Waals surface area contributed by atoms with Crippen LogP contribution in [0.3, 0.4) is 0 Å². The Labute approximate surface area is 186 Å². The summed E-state index contributed by atoms with van der Waals surface area (Å²) in [4.78, 5) is 25.3. The van der Waals surface area contributed by atoms with Crippen LogP contribution in [0.4, 0.5) is 13.2 Å². The Morgan fingerprint density at radius 3 is 2.81 bits per heavy atom. The topological polar surface area (TPSA) is 82.6 Å². The molecule has 1 aliphatic heterocycles. The zero-order valence-electron chi connectivity index (χ0n) is 16.9. The summed E-state index contributed by atoms with van der Waals surface area (Å²) in [6.07, 6.45) is -0.749. The van der Waals surface area contributed by atoms with Crippen LogP contribution in [0.1, 0.15) is 38.5 Å². The van der Waals surface area contributed by atoms with Gasteiger partial charge in [0.05, 0.1) is 6.10 Å². The molecule has 31 heavy (non-hydrogen) atoms. The van der Waals surface area contributed by atoms with E-state index in [-0.39, 0.29) is 19.6 Å². The third-order valence-corrected chi connectivity index (χ3v) is 5.69. The summed E-state index contributed by atoms with van der Waals surface area (Å²) >= 11 is 6.55. The highest BCUT2D eigenvalue weighted by molar-refractivity contribution is 8.22. The van der Waals surface area contributed by atoms with Gasteiger partial charge in [-0.15, -0.1) is 6.42 Å². The van der Waals surface area contributed by atoms with Crippen molar-refractivity contribution in [1.29, 1.82) is 0 Å². The molecule has 3 atom stereocenters. The Balaban J connectivity index is 2.12. The van der Waals surface area contributed by atoms with Gasteiger partial charge >= 0.3 is 11.9 Å². The van der Waals surface area contributed by atoms with Crippen LogP contribution in [0, 0.1) is 18.3 Å². The summed E-state index contributed by atoms with van der Waals surface area (Å²) in [5.74, 6) is 3.62. The Bertz CT molecular complexity index is 923. The van der Waals surface area contributed by atoms with Crippen molar-refractivity contribution in [3.8, 4) is 12.3 Å². The second-order valence-corrected chi connectivity index (χ2v) is 8.91. The van der Waals surface area contributed by atoms with E-state index in [9.17, 15) is 22.8 Å². The van der Waals surface area contributed by atoms with Gasteiger partial charge in [-0.25, -0.2) is 4.79 Å². The molecular formula is C19H23F3N2O5S2. The molecule has 1 aliphatic rings. The second kappa shape index (κ2) is 11.2. The van der Waals surface area contributed by atoms with Crippen LogP contribution in [0.5, 0.6) is 0 Å². The summed E-state index contributed by atoms with van der Waals surface area (Å²) in [6.45, 7) is 4.10. The zero-order chi connectivity index (χ0) is 23.2. The number of H-pyrrole nitrogens is 1. The normalized spacial score (nSPS) is 21.3. The van der Waals surface area contributed by atoms with Gasteiger partial charge in [0.15, 0.2) is 0 Å². The van der Waals surface area contributed by atoms with Crippen molar-refractivity contribution < 1.29 is 27.4 Å². The first-order chi connectivity index (χ1) is 14.5. The number of rotatable bonds is 8. The van der Waals surface area contributed by atoms with Crippen LogP contribution in [0.15, 0.2) is 15.8 Å². The molecule has 1 aromatic heterocycles. The smallest absolute Gasteiger partial charge is 0.423 e. The van der Waals surface area contributed by atoms with Crippen LogP contribution in [-0.2, 0) is 20.4 Å². The fourth-order valence-corrected chi connectivity index (χ4v) is 4.05. The van der Waals surface area contributed by atoms with Gasteiger partial charge in [-0.1, -0.05) is 31.5 Å². The minimum atomic E-state index is -4.93. The number of terminal acetylenes is 1. The van der Waals surface area contributed by atoms with Crippen molar-refractivity contribution in [2.45, 2.75) is 51.3 Å². The van der Waals surface area contributed by atoms with E-state index < -0.39 is 41.4 Å². The Hall–Kier alpha value is -1.81. The average molecular weight is 481 g/mol. The largest absolute Gasteiger partial charge is 0.476 e. The van der Waals surface area contributed by atoms with Gasteiger partial charge in [-0.2, -0.15) is 13.2 Å². The number of nitrogens with one attached hydrogen (secondary N) is 1. The van der Waals surface area contributed by atoms with E-state index in [0.717, 1.165) is 12.2 Å². The molecule has 1 saturated heterocycles. The van der Waals surface area contributed by atoms with Gasteiger partial charge in [0.1, 0.15) is 31.1 Å². The number of alkyl halides is 3. The number of thioether (sulfide) groups is 1. The third-order valence-electron chi connectivity index (χ3n) is 4.43. The molecule has 0 unspecified atom stereocenters. The molecule has 0 aromatic carbocycles. The zero-order valence-corrected chi connectivity index (χ0v) is 18.6. The van der Waals surface area contributed by atoms with E-state index in [0.29, 0.717) is 21.1 Å². The van der Waals surface area contributed by atoms with Gasteiger partial charge in [0.2, 0.25) is 4.38 Å². The van der Waals surface area contributed by atoms with E-state index >= 15 is 0 Å². The van der Waals surface area contributed by atoms with E-state index in [1.807, 2.05) is 0 Å². The van der Waals surface area contributed by atoms with E-state index in [2.05, 4.69) is 19.8 Å². The van der Waals surface area contributed by atoms with Crippen LogP contribution in [0.25, 0.3) is 0 Å². The van der Waals surface area contributed by atoms with Crippen molar-refractivity contribution in [2.75, 3.05) is 19.0 Å². The number of aromatic amines is 1. The summed E-state index contributed by atoms with van der Waals surface area (Å²) in [6, 6.07) is 0. The lowest BCUT2D eigenvalue weighted by Gasteiger charge is -2.19. The molecule has 7 nitrogen and oxygen atoms in total. The molecule has 0 bridgehead atoms. The van der Waals surface area contributed by atoms with E-state index in [1.54, 1.807) is 4.98 Å². The number of aromatic nitrogens is 2. The van der Waals surface area contributed by atoms with Gasteiger partial charge in [0.25, 0.3) is 5.56 Å². The highest BCUT2D eigenvalue weighted by atomic mass is 32.2. The Morgan fingerprint density at radius 2 is 2.19 bits per heavy atom. The molecule has 0 radical (unpaired) electrons. The average Bonchev–Trinajstić information content (AvgIpc) is 3.06. The predicted molar refractivity (Wildman–Crippen MR) is 114 cm³/mol. The third kappa shape index (κ3) is 7.38. The molecule has 0 aliphatic carbocycles. The molecule has 1 N–H and O–H groups in total. The molecular weight excluding hydrogens is 457 g/mol. The number of hydrogen-bond acceptors (Lipinski definition) is 7. The first kappa shape index (κ1) is 25.5. The summed E-state index contributed by atoms with van der Waals surface area (Å²) in [5, 5.41) is 0. The lowest BCUT2D eigenvalue weighted by molar-refractivity contribution is -0.139. The molecule has 1 fully saturated rings. The van der Waals surface area contributed by atoms with Crippen molar-refractivity contribution in [1.82, 2.24) is 9.55 Å². The van der Waals surface area contributed by atoms with Crippen LogP contribution >= 0.6 is 24.0 Å². The first-order valence-corrected chi connectivity index (χ1v) is 10.8. The van der Waals surface area contributed by atoms with Gasteiger partial charge in [0, 0.05) is 18.4 Å². The molecule has 2 heterocycles. The van der Waals surface area contributed by atoms with Crippen LogP contribution < -0.4 is 11.2 Å². The van der Waals surface area contributed by atoms with Crippen molar-refractivity contribution >= 4 is 28.4 Å². The monoisotopic (exact) mass is 480 g/mol. The van der Waals surface area contributed by atoms with Crippen LogP contribution in [0.2, 0.25) is 0 Å². The predicted octanol–water partition coefficient (Wildman–Crippen LogP) is 2.94. The van der Waals surface area contributed by atoms with Crippen molar-refractivity contribution in [2.24, 2.45) is 5.92 Å². The fourth-order valence-electron chi connectivity index (χ4n) is 2.82. The maximum absolute atomic E-state index is 13.1. The lowest BCUT2D eigenvalue weighted by atomic mass is 10.2.